The Labute approximate surface area is 124 Å². The van der Waals surface area contributed by atoms with Gasteiger partial charge in [-0.05, 0) is 52.0 Å². The Morgan fingerprint density at radius 1 is 1.10 bits per heavy atom. The van der Waals surface area contributed by atoms with Crippen LogP contribution in [0, 0.1) is 0 Å². The first kappa shape index (κ1) is 14.8. The molecule has 3 rings (SSSR count). The molecule has 2 N–H and O–H groups in total. The highest BCUT2D eigenvalue weighted by molar-refractivity contribution is 4.93. The summed E-state index contributed by atoms with van der Waals surface area (Å²) in [7, 11) is 0. The number of ether oxygens (including phenoxy) is 1. The van der Waals surface area contributed by atoms with Gasteiger partial charge in [0.25, 0.3) is 0 Å². The summed E-state index contributed by atoms with van der Waals surface area (Å²) in [6, 6.07) is 0.871. The maximum absolute atomic E-state index is 6.54. The minimum atomic E-state index is 0.266. The molecular weight excluding hydrogens is 248 g/mol. The molecule has 3 heteroatoms. The smallest absolute Gasteiger partial charge is 0.0710 e. The zero-order chi connectivity index (χ0) is 14.0. The summed E-state index contributed by atoms with van der Waals surface area (Å²) in [5.74, 6) is 0. The van der Waals surface area contributed by atoms with Crippen molar-refractivity contribution in [3.63, 3.8) is 0 Å². The molecule has 116 valence electrons. The summed E-state index contributed by atoms with van der Waals surface area (Å²) < 4.78 is 6.54. The normalized spacial score (nSPS) is 36.3. The molecule has 3 nitrogen and oxygen atoms in total. The van der Waals surface area contributed by atoms with E-state index in [1.165, 1.54) is 70.8 Å². The average molecular weight is 280 g/mol. The second-order valence-electron chi connectivity index (χ2n) is 7.44. The predicted octanol–water partition coefficient (Wildman–Crippen LogP) is 3.07. The van der Waals surface area contributed by atoms with Gasteiger partial charge in [-0.15, -0.1) is 0 Å². The average Bonchev–Trinajstić information content (AvgIpc) is 2.82. The second kappa shape index (κ2) is 6.33. The Hall–Kier alpha value is -0.120. The lowest BCUT2D eigenvalue weighted by atomic mass is 9.83. The molecule has 0 radical (unpaired) electrons. The number of likely N-dealkylation sites (tertiary alicyclic amines) is 1. The summed E-state index contributed by atoms with van der Waals surface area (Å²) in [6.07, 6.45) is 13.8. The second-order valence-corrected chi connectivity index (χ2v) is 7.44. The summed E-state index contributed by atoms with van der Waals surface area (Å²) in [6.45, 7) is 4.51. The van der Waals surface area contributed by atoms with E-state index in [0.29, 0.717) is 18.2 Å². The minimum absolute atomic E-state index is 0.266. The fourth-order valence-corrected chi connectivity index (χ4v) is 4.69. The molecule has 1 spiro atoms. The molecule has 3 unspecified atom stereocenters. The molecule has 3 fully saturated rings. The highest BCUT2D eigenvalue weighted by atomic mass is 16.5. The van der Waals surface area contributed by atoms with Crippen LogP contribution in [0.4, 0.5) is 0 Å². The van der Waals surface area contributed by atoms with Crippen LogP contribution in [0.3, 0.4) is 0 Å². The van der Waals surface area contributed by atoms with Gasteiger partial charge < -0.3 is 10.5 Å². The highest BCUT2D eigenvalue weighted by Gasteiger charge is 2.41. The third-order valence-electron chi connectivity index (χ3n) is 5.81. The largest absolute Gasteiger partial charge is 0.370 e. The van der Waals surface area contributed by atoms with Crippen LogP contribution < -0.4 is 5.73 Å². The van der Waals surface area contributed by atoms with Crippen molar-refractivity contribution in [1.82, 2.24) is 4.90 Å². The van der Waals surface area contributed by atoms with Gasteiger partial charge in [-0.1, -0.05) is 25.7 Å². The number of nitrogens with zero attached hydrogens (tertiary/aromatic N) is 1. The van der Waals surface area contributed by atoms with Crippen LogP contribution >= 0.6 is 0 Å². The third-order valence-corrected chi connectivity index (χ3v) is 5.81. The van der Waals surface area contributed by atoms with Gasteiger partial charge in [0.2, 0.25) is 0 Å². The first-order valence-electron chi connectivity index (χ1n) is 8.86. The number of hydrogen-bond donors (Lipinski definition) is 1. The Morgan fingerprint density at radius 2 is 1.90 bits per heavy atom. The molecule has 2 heterocycles. The molecule has 3 aliphatic rings. The van der Waals surface area contributed by atoms with Crippen molar-refractivity contribution >= 4 is 0 Å². The maximum Gasteiger partial charge on any atom is 0.0710 e. The fraction of sp³-hybridized carbons (Fsp3) is 1.00. The number of piperidine rings is 1. The molecule has 1 aliphatic carbocycles. The van der Waals surface area contributed by atoms with Gasteiger partial charge in [0.15, 0.2) is 0 Å². The van der Waals surface area contributed by atoms with Crippen LogP contribution in [0.2, 0.25) is 0 Å². The third kappa shape index (κ3) is 3.20. The van der Waals surface area contributed by atoms with E-state index in [-0.39, 0.29) is 5.60 Å². The highest BCUT2D eigenvalue weighted by Crippen LogP contribution is 2.42. The molecular formula is C17H32N2O. The van der Waals surface area contributed by atoms with Crippen molar-refractivity contribution in [2.45, 2.75) is 94.9 Å². The van der Waals surface area contributed by atoms with E-state index in [9.17, 15) is 0 Å². The molecule has 2 aliphatic heterocycles. The molecule has 0 aromatic rings. The zero-order valence-corrected chi connectivity index (χ0v) is 13.2. The monoisotopic (exact) mass is 280 g/mol. The Bertz CT molecular complexity index is 312. The van der Waals surface area contributed by atoms with Crippen molar-refractivity contribution in [3.8, 4) is 0 Å². The van der Waals surface area contributed by atoms with E-state index in [2.05, 4.69) is 11.8 Å². The van der Waals surface area contributed by atoms with E-state index in [1.54, 1.807) is 0 Å². The van der Waals surface area contributed by atoms with E-state index in [0.717, 1.165) is 6.54 Å². The van der Waals surface area contributed by atoms with Crippen molar-refractivity contribution in [2.75, 3.05) is 13.1 Å². The number of rotatable bonds is 3. The zero-order valence-electron chi connectivity index (χ0n) is 13.2. The van der Waals surface area contributed by atoms with Gasteiger partial charge in [0, 0.05) is 18.6 Å². The fourth-order valence-electron chi connectivity index (χ4n) is 4.69. The van der Waals surface area contributed by atoms with Crippen molar-refractivity contribution < 1.29 is 4.74 Å². The van der Waals surface area contributed by atoms with Gasteiger partial charge in [-0.2, -0.15) is 0 Å². The molecule has 0 amide bonds. The van der Waals surface area contributed by atoms with Gasteiger partial charge in [0.05, 0.1) is 11.7 Å². The van der Waals surface area contributed by atoms with Crippen LogP contribution in [0.15, 0.2) is 0 Å². The Morgan fingerprint density at radius 3 is 2.65 bits per heavy atom. The maximum atomic E-state index is 6.54. The van der Waals surface area contributed by atoms with Crippen molar-refractivity contribution in [3.05, 3.63) is 0 Å². The lowest BCUT2D eigenvalue weighted by molar-refractivity contribution is -0.0773. The van der Waals surface area contributed by atoms with E-state index in [4.69, 9.17) is 10.5 Å². The molecule has 3 atom stereocenters. The lowest BCUT2D eigenvalue weighted by Gasteiger charge is -2.40. The summed E-state index contributed by atoms with van der Waals surface area (Å²) >= 11 is 0. The van der Waals surface area contributed by atoms with Crippen LogP contribution in [0.25, 0.3) is 0 Å². The van der Waals surface area contributed by atoms with Crippen molar-refractivity contribution in [2.24, 2.45) is 5.73 Å². The van der Waals surface area contributed by atoms with E-state index >= 15 is 0 Å². The first-order valence-corrected chi connectivity index (χ1v) is 8.86. The van der Waals surface area contributed by atoms with Crippen LogP contribution in [-0.4, -0.2) is 41.8 Å². The van der Waals surface area contributed by atoms with Gasteiger partial charge >= 0.3 is 0 Å². The number of hydrogen-bond acceptors (Lipinski definition) is 3. The summed E-state index contributed by atoms with van der Waals surface area (Å²) in [5.41, 5.74) is 6.45. The molecule has 0 bridgehead atoms. The van der Waals surface area contributed by atoms with Crippen LogP contribution in [-0.2, 0) is 4.74 Å². The minimum Gasteiger partial charge on any atom is -0.370 e. The van der Waals surface area contributed by atoms with Gasteiger partial charge in [-0.3, -0.25) is 4.90 Å². The molecule has 20 heavy (non-hydrogen) atoms. The summed E-state index contributed by atoms with van der Waals surface area (Å²) in [4.78, 5) is 2.63. The first-order chi connectivity index (χ1) is 9.69. The standard InChI is InChI=1S/C17H32N2O/c1-14(18)16-7-3-6-12-19(16)13-15-8-11-17(20-15)9-4-2-5-10-17/h14-16H,2-13,18H2,1H3. The van der Waals surface area contributed by atoms with Crippen LogP contribution in [0.1, 0.15) is 71.1 Å². The number of nitrogens with two attached hydrogens (primary N) is 1. The Kier molecular flexibility index (Phi) is 4.68. The predicted molar refractivity (Wildman–Crippen MR) is 82.8 cm³/mol. The lowest BCUT2D eigenvalue weighted by Crippen LogP contribution is -2.51. The van der Waals surface area contributed by atoms with Gasteiger partial charge in [0.1, 0.15) is 0 Å². The molecule has 0 aromatic carbocycles. The molecule has 2 saturated heterocycles. The summed E-state index contributed by atoms with van der Waals surface area (Å²) in [5, 5.41) is 0. The molecule has 0 aromatic heterocycles. The molecule has 1 saturated carbocycles. The topological polar surface area (TPSA) is 38.5 Å². The quantitative estimate of drug-likeness (QED) is 0.863. The van der Waals surface area contributed by atoms with E-state index in [1.807, 2.05) is 0 Å². The SMILES string of the molecule is CC(N)C1CCCCN1CC1CCC2(CCCCC2)O1. The Balaban J connectivity index is 1.55. The van der Waals surface area contributed by atoms with Crippen molar-refractivity contribution in [1.29, 1.82) is 0 Å². The van der Waals surface area contributed by atoms with Crippen LogP contribution in [0.5, 0.6) is 0 Å². The van der Waals surface area contributed by atoms with E-state index < -0.39 is 0 Å². The van der Waals surface area contributed by atoms with Gasteiger partial charge in [-0.25, -0.2) is 0 Å².